The van der Waals surface area contributed by atoms with Crippen LogP contribution in [0.1, 0.15) is 35.1 Å². The summed E-state index contributed by atoms with van der Waals surface area (Å²) in [6.45, 7) is 1.99. The van der Waals surface area contributed by atoms with Crippen LogP contribution in [0.2, 0.25) is 5.02 Å². The van der Waals surface area contributed by atoms with Gasteiger partial charge in [-0.15, -0.1) is 0 Å². The number of nitro benzene ring substituents is 1. The molecule has 3 atom stereocenters. The van der Waals surface area contributed by atoms with Crippen molar-refractivity contribution in [3.05, 3.63) is 80.4 Å². The number of anilines is 1. The molecule has 1 N–H and O–H groups in total. The number of hydrogen-bond donors (Lipinski definition) is 1. The van der Waals surface area contributed by atoms with E-state index in [9.17, 15) is 10.1 Å². The molecular weight excluding hydrogens is 324 g/mol. The van der Waals surface area contributed by atoms with Crippen LogP contribution in [0.4, 0.5) is 11.4 Å². The monoisotopic (exact) mass is 340 g/mol. The van der Waals surface area contributed by atoms with Crippen molar-refractivity contribution in [3.63, 3.8) is 0 Å². The topological polar surface area (TPSA) is 55.2 Å². The Morgan fingerprint density at radius 2 is 2.00 bits per heavy atom. The number of allylic oxidation sites excluding steroid dienone is 2. The standard InChI is InChI=1S/C19H17ClN2O2/c1-11-16(20)10-9-14-12-6-4-7-13(12)19(21-18(11)14)15-5-2-3-8-17(15)22(23)24/h2-6,8-10,12-13,19,21H,7H2,1H3/t12-,13-,19-/m0/s1. The van der Waals surface area contributed by atoms with Gasteiger partial charge < -0.3 is 5.32 Å². The van der Waals surface area contributed by atoms with Crippen LogP contribution in [0.3, 0.4) is 0 Å². The molecule has 1 aliphatic carbocycles. The third-order valence-corrected chi connectivity index (χ3v) is 5.61. The first-order valence-corrected chi connectivity index (χ1v) is 8.41. The van der Waals surface area contributed by atoms with Gasteiger partial charge in [-0.05, 0) is 36.5 Å². The number of nitro groups is 1. The minimum absolute atomic E-state index is 0.101. The molecule has 0 spiro atoms. The molecule has 0 unspecified atom stereocenters. The van der Waals surface area contributed by atoms with Gasteiger partial charge in [0.15, 0.2) is 0 Å². The van der Waals surface area contributed by atoms with Gasteiger partial charge >= 0.3 is 0 Å². The smallest absolute Gasteiger partial charge is 0.274 e. The van der Waals surface area contributed by atoms with Gasteiger partial charge in [0.05, 0.1) is 16.5 Å². The Morgan fingerprint density at radius 1 is 1.21 bits per heavy atom. The second-order valence-electron chi connectivity index (χ2n) is 6.43. The van der Waals surface area contributed by atoms with Crippen molar-refractivity contribution >= 4 is 23.0 Å². The van der Waals surface area contributed by atoms with Crippen molar-refractivity contribution in [2.45, 2.75) is 25.3 Å². The quantitative estimate of drug-likeness (QED) is 0.453. The Balaban J connectivity index is 1.87. The summed E-state index contributed by atoms with van der Waals surface area (Å²) in [5, 5.41) is 15.7. The highest BCUT2D eigenvalue weighted by atomic mass is 35.5. The van der Waals surface area contributed by atoms with Crippen LogP contribution in [-0.2, 0) is 0 Å². The lowest BCUT2D eigenvalue weighted by atomic mass is 9.76. The van der Waals surface area contributed by atoms with Gasteiger partial charge in [-0.3, -0.25) is 10.1 Å². The first-order valence-electron chi connectivity index (χ1n) is 8.03. The zero-order valence-electron chi connectivity index (χ0n) is 13.2. The Bertz CT molecular complexity index is 862. The van der Waals surface area contributed by atoms with E-state index in [-0.39, 0.29) is 28.5 Å². The van der Waals surface area contributed by atoms with Gasteiger partial charge in [-0.2, -0.15) is 0 Å². The van der Waals surface area contributed by atoms with Crippen molar-refractivity contribution in [2.75, 3.05) is 5.32 Å². The van der Waals surface area contributed by atoms with Gasteiger partial charge in [0.25, 0.3) is 5.69 Å². The predicted octanol–water partition coefficient (Wildman–Crippen LogP) is 5.38. The van der Waals surface area contributed by atoms with E-state index in [0.29, 0.717) is 5.02 Å². The van der Waals surface area contributed by atoms with Crippen molar-refractivity contribution in [2.24, 2.45) is 5.92 Å². The molecule has 4 rings (SSSR count). The van der Waals surface area contributed by atoms with E-state index >= 15 is 0 Å². The molecule has 0 bridgehead atoms. The molecule has 5 heteroatoms. The zero-order valence-corrected chi connectivity index (χ0v) is 14.0. The van der Waals surface area contributed by atoms with Crippen LogP contribution in [0.15, 0.2) is 48.6 Å². The third-order valence-electron chi connectivity index (χ3n) is 5.20. The molecular formula is C19H17ClN2O2. The van der Waals surface area contributed by atoms with E-state index in [1.165, 1.54) is 5.56 Å². The SMILES string of the molecule is Cc1c(Cl)ccc2c1N[C@H](c1ccccc1[N+](=O)[O-])[C@H]1CC=C[C@H]21. The summed E-state index contributed by atoms with van der Waals surface area (Å²) >= 11 is 6.30. The van der Waals surface area contributed by atoms with E-state index in [0.717, 1.165) is 23.2 Å². The highest BCUT2D eigenvalue weighted by Crippen LogP contribution is 2.52. The molecule has 0 saturated heterocycles. The van der Waals surface area contributed by atoms with Crippen molar-refractivity contribution < 1.29 is 4.92 Å². The number of nitrogens with one attached hydrogen (secondary N) is 1. The summed E-state index contributed by atoms with van der Waals surface area (Å²) in [5.41, 5.74) is 4.15. The fourth-order valence-corrected chi connectivity index (χ4v) is 4.17. The number of halogens is 1. The summed E-state index contributed by atoms with van der Waals surface area (Å²) < 4.78 is 0. The van der Waals surface area contributed by atoms with E-state index in [2.05, 4.69) is 23.5 Å². The van der Waals surface area contributed by atoms with Crippen molar-refractivity contribution in [3.8, 4) is 0 Å². The van der Waals surface area contributed by atoms with Gasteiger partial charge in [0.1, 0.15) is 0 Å². The zero-order chi connectivity index (χ0) is 16.8. The molecule has 0 fully saturated rings. The van der Waals surface area contributed by atoms with E-state index in [4.69, 9.17) is 11.6 Å². The molecule has 0 radical (unpaired) electrons. The molecule has 2 aromatic rings. The molecule has 4 nitrogen and oxygen atoms in total. The van der Waals surface area contributed by atoms with Gasteiger partial charge in [0.2, 0.25) is 0 Å². The second-order valence-corrected chi connectivity index (χ2v) is 6.84. The number of hydrogen-bond acceptors (Lipinski definition) is 3. The van der Waals surface area contributed by atoms with Gasteiger partial charge in [-0.25, -0.2) is 0 Å². The molecule has 1 aliphatic heterocycles. The lowest BCUT2D eigenvalue weighted by molar-refractivity contribution is -0.385. The van der Waals surface area contributed by atoms with Crippen LogP contribution >= 0.6 is 11.6 Å². The van der Waals surface area contributed by atoms with Crippen molar-refractivity contribution in [1.29, 1.82) is 0 Å². The fourth-order valence-electron chi connectivity index (χ4n) is 4.01. The molecule has 2 aliphatic rings. The third kappa shape index (κ3) is 2.21. The van der Waals surface area contributed by atoms with Crippen LogP contribution in [0.25, 0.3) is 0 Å². The molecule has 0 saturated carbocycles. The number of para-hydroxylation sites is 1. The minimum Gasteiger partial charge on any atom is -0.377 e. The maximum atomic E-state index is 11.5. The molecule has 122 valence electrons. The Morgan fingerprint density at radius 3 is 2.79 bits per heavy atom. The van der Waals surface area contributed by atoms with E-state index in [1.807, 2.05) is 25.1 Å². The highest BCUT2D eigenvalue weighted by molar-refractivity contribution is 6.31. The Labute approximate surface area is 145 Å². The van der Waals surface area contributed by atoms with Crippen LogP contribution in [-0.4, -0.2) is 4.92 Å². The number of fused-ring (bicyclic) bond motifs is 3. The maximum Gasteiger partial charge on any atom is 0.274 e. The fraction of sp³-hybridized carbons (Fsp3) is 0.263. The largest absolute Gasteiger partial charge is 0.377 e. The summed E-state index contributed by atoms with van der Waals surface area (Å²) in [6.07, 6.45) is 5.31. The average molecular weight is 341 g/mol. The highest BCUT2D eigenvalue weighted by Gasteiger charge is 2.40. The van der Waals surface area contributed by atoms with E-state index < -0.39 is 0 Å². The normalized spacial score (nSPS) is 24.2. The number of benzene rings is 2. The summed E-state index contributed by atoms with van der Waals surface area (Å²) in [7, 11) is 0. The Kier molecular flexibility index (Phi) is 3.57. The average Bonchev–Trinajstić information content (AvgIpc) is 3.07. The lowest BCUT2D eigenvalue weighted by Crippen LogP contribution is -2.30. The van der Waals surface area contributed by atoms with Gasteiger partial charge in [0, 0.05) is 22.7 Å². The molecule has 2 aromatic carbocycles. The van der Waals surface area contributed by atoms with E-state index in [1.54, 1.807) is 12.1 Å². The lowest BCUT2D eigenvalue weighted by Gasteiger charge is -2.38. The summed E-state index contributed by atoms with van der Waals surface area (Å²) in [5.74, 6) is 0.543. The predicted molar refractivity (Wildman–Crippen MR) is 95.6 cm³/mol. The molecule has 0 aromatic heterocycles. The first kappa shape index (κ1) is 15.2. The number of rotatable bonds is 2. The number of nitrogens with zero attached hydrogens (tertiary/aromatic N) is 1. The molecule has 24 heavy (non-hydrogen) atoms. The molecule has 1 heterocycles. The Hall–Kier alpha value is -2.33. The maximum absolute atomic E-state index is 11.5. The van der Waals surface area contributed by atoms with Crippen LogP contribution in [0, 0.1) is 23.0 Å². The second kappa shape index (κ2) is 5.64. The van der Waals surface area contributed by atoms with Gasteiger partial charge in [-0.1, -0.05) is 48.0 Å². The minimum atomic E-state index is -0.297. The van der Waals surface area contributed by atoms with Crippen molar-refractivity contribution in [1.82, 2.24) is 0 Å². The van der Waals surface area contributed by atoms with Crippen LogP contribution < -0.4 is 5.32 Å². The summed E-state index contributed by atoms with van der Waals surface area (Å²) in [4.78, 5) is 11.2. The first-order chi connectivity index (χ1) is 11.6. The van der Waals surface area contributed by atoms with Crippen LogP contribution in [0.5, 0.6) is 0 Å². The summed E-state index contributed by atoms with van der Waals surface area (Å²) in [6, 6.07) is 10.9. The molecule has 0 amide bonds.